The number of fused-ring (bicyclic) bond motifs is 4. The first-order valence-corrected chi connectivity index (χ1v) is 11.1. The van der Waals surface area contributed by atoms with Crippen molar-refractivity contribution in [3.8, 4) is 0 Å². The molecule has 5 aliphatic rings. The van der Waals surface area contributed by atoms with Gasteiger partial charge in [-0.1, -0.05) is 13.8 Å². The van der Waals surface area contributed by atoms with E-state index < -0.39 is 0 Å². The van der Waals surface area contributed by atoms with Gasteiger partial charge in [-0.3, -0.25) is 9.59 Å². The molecule has 4 heteroatoms. The molecule has 5 rings (SSSR count). The maximum absolute atomic E-state index is 12.3. The Morgan fingerprint density at radius 3 is 2.48 bits per heavy atom. The van der Waals surface area contributed by atoms with Gasteiger partial charge in [0.25, 0.3) is 0 Å². The monoisotopic (exact) mass is 374 g/mol. The van der Waals surface area contributed by atoms with Gasteiger partial charge in [0, 0.05) is 24.7 Å². The van der Waals surface area contributed by atoms with Gasteiger partial charge < -0.3 is 9.47 Å². The van der Waals surface area contributed by atoms with Crippen LogP contribution in [0.15, 0.2) is 0 Å². The predicted octanol–water partition coefficient (Wildman–Crippen LogP) is 4.30. The van der Waals surface area contributed by atoms with Gasteiger partial charge in [0.15, 0.2) is 0 Å². The Kier molecular flexibility index (Phi) is 3.75. The fraction of sp³-hybridized carbons (Fsp3) is 0.913. The van der Waals surface area contributed by atoms with Crippen LogP contribution in [0.25, 0.3) is 0 Å². The minimum atomic E-state index is -0.166. The first-order valence-electron chi connectivity index (χ1n) is 11.1. The summed E-state index contributed by atoms with van der Waals surface area (Å²) in [5, 5.41) is 0. The molecular weight excluding hydrogens is 340 g/mol. The molecule has 1 saturated heterocycles. The van der Waals surface area contributed by atoms with E-state index in [4.69, 9.17) is 9.47 Å². The van der Waals surface area contributed by atoms with Crippen molar-refractivity contribution in [2.45, 2.75) is 96.9 Å². The van der Waals surface area contributed by atoms with Gasteiger partial charge in [0.05, 0.1) is 6.10 Å². The number of hydrogen-bond donors (Lipinski definition) is 0. The van der Waals surface area contributed by atoms with Crippen LogP contribution in [0, 0.1) is 34.5 Å². The summed E-state index contributed by atoms with van der Waals surface area (Å²) in [6.45, 7) is 8.19. The second kappa shape index (κ2) is 5.58. The van der Waals surface area contributed by atoms with Crippen LogP contribution in [0.4, 0.5) is 0 Å². The maximum Gasteiger partial charge on any atom is 0.302 e. The van der Waals surface area contributed by atoms with Crippen LogP contribution in [0.2, 0.25) is 0 Å². The number of rotatable bonds is 2. The Balaban J connectivity index is 1.42. The lowest BCUT2D eigenvalue weighted by molar-refractivity contribution is -0.158. The summed E-state index contributed by atoms with van der Waals surface area (Å²) >= 11 is 0. The van der Waals surface area contributed by atoms with Crippen molar-refractivity contribution in [1.29, 1.82) is 0 Å². The number of Topliss-reactive ketones (excluding diaryl/α,β-unsaturated/α-hetero) is 1. The first-order chi connectivity index (χ1) is 12.7. The zero-order valence-electron chi connectivity index (χ0n) is 17.3. The van der Waals surface area contributed by atoms with E-state index in [2.05, 4.69) is 13.8 Å². The minimum absolute atomic E-state index is 0.0274. The van der Waals surface area contributed by atoms with E-state index in [9.17, 15) is 9.59 Å². The van der Waals surface area contributed by atoms with Gasteiger partial charge in [-0.2, -0.15) is 0 Å². The summed E-state index contributed by atoms with van der Waals surface area (Å²) in [6.07, 6.45) is 9.18. The van der Waals surface area contributed by atoms with Crippen molar-refractivity contribution in [2.75, 3.05) is 0 Å². The second-order valence-electron chi connectivity index (χ2n) is 10.8. The van der Waals surface area contributed by atoms with Crippen molar-refractivity contribution < 1.29 is 19.1 Å². The molecule has 0 radical (unpaired) electrons. The highest BCUT2D eigenvalue weighted by Crippen LogP contribution is 2.74. The van der Waals surface area contributed by atoms with Crippen molar-refractivity contribution in [1.82, 2.24) is 0 Å². The molecular formula is C23H34O4. The Hall–Kier alpha value is -0.900. The molecule has 0 aromatic carbocycles. The molecule has 4 aliphatic carbocycles. The zero-order chi connectivity index (χ0) is 19.2. The number of epoxide rings is 1. The molecule has 0 aromatic heterocycles. The zero-order valence-corrected chi connectivity index (χ0v) is 17.3. The average Bonchev–Trinajstić information content (AvgIpc) is 3.15. The number of carbonyl (C=O) groups excluding carboxylic acids is 2. The third-order valence-electron chi connectivity index (χ3n) is 9.86. The Labute approximate surface area is 162 Å². The van der Waals surface area contributed by atoms with E-state index in [0.717, 1.165) is 32.1 Å². The quantitative estimate of drug-likeness (QED) is 0.534. The summed E-state index contributed by atoms with van der Waals surface area (Å²) in [4.78, 5) is 23.7. The number of hydrogen-bond acceptors (Lipinski definition) is 4. The van der Waals surface area contributed by atoms with Crippen molar-refractivity contribution in [2.24, 2.45) is 34.5 Å². The summed E-state index contributed by atoms with van der Waals surface area (Å²) in [5.74, 6) is 2.57. The summed E-state index contributed by atoms with van der Waals surface area (Å²) in [5.41, 5.74) is 0.346. The predicted molar refractivity (Wildman–Crippen MR) is 101 cm³/mol. The highest BCUT2D eigenvalue weighted by molar-refractivity contribution is 5.79. The summed E-state index contributed by atoms with van der Waals surface area (Å²) < 4.78 is 12.1. The van der Waals surface area contributed by atoms with Crippen LogP contribution in [-0.4, -0.2) is 29.6 Å². The molecule has 5 fully saturated rings. The number of ether oxygens (including phenoxy) is 2. The SMILES string of the molecule is CC(=O)OC1CCC2(C)C3CCC4(C)C(C(C)=O)CCC4C3C[C@@H]3O[C@@]32C1. The highest BCUT2D eigenvalue weighted by atomic mass is 16.6. The Morgan fingerprint density at radius 2 is 1.78 bits per heavy atom. The maximum atomic E-state index is 12.3. The van der Waals surface area contributed by atoms with Gasteiger partial charge >= 0.3 is 5.97 Å². The summed E-state index contributed by atoms with van der Waals surface area (Å²) in [6, 6.07) is 0. The van der Waals surface area contributed by atoms with E-state index in [1.807, 2.05) is 0 Å². The molecule has 1 heterocycles. The normalized spacial score (nSPS) is 55.6. The lowest BCUT2D eigenvalue weighted by atomic mass is 9.44. The average molecular weight is 375 g/mol. The molecule has 4 saturated carbocycles. The van der Waals surface area contributed by atoms with Crippen LogP contribution < -0.4 is 0 Å². The van der Waals surface area contributed by atoms with Crippen molar-refractivity contribution >= 4 is 11.8 Å². The molecule has 27 heavy (non-hydrogen) atoms. The minimum Gasteiger partial charge on any atom is -0.462 e. The molecule has 0 aromatic rings. The first kappa shape index (κ1) is 18.1. The van der Waals surface area contributed by atoms with Gasteiger partial charge in [0.2, 0.25) is 0 Å². The van der Waals surface area contributed by atoms with E-state index in [0.29, 0.717) is 29.6 Å². The number of carbonyl (C=O) groups is 2. The molecule has 9 atom stereocenters. The van der Waals surface area contributed by atoms with Crippen LogP contribution in [0.1, 0.15) is 79.1 Å². The lowest BCUT2D eigenvalue weighted by Crippen LogP contribution is -2.59. The third kappa shape index (κ3) is 2.25. The lowest BCUT2D eigenvalue weighted by Gasteiger charge is -2.59. The third-order valence-corrected chi connectivity index (χ3v) is 9.86. The van der Waals surface area contributed by atoms with Gasteiger partial charge in [-0.05, 0) is 75.0 Å². The van der Waals surface area contributed by atoms with Crippen LogP contribution >= 0.6 is 0 Å². The van der Waals surface area contributed by atoms with E-state index in [1.54, 1.807) is 6.92 Å². The van der Waals surface area contributed by atoms with Crippen LogP contribution in [0.5, 0.6) is 0 Å². The number of ketones is 1. The largest absolute Gasteiger partial charge is 0.462 e. The standard InChI is InChI=1S/C23H34O4/c1-13(24)17-5-6-18-16-11-20-23(27-20)12-15(26-14(2)25)7-10-22(23,4)19(16)8-9-21(17,18)3/h15-20H,5-12H2,1-4H3/t15?,16?,17?,18?,19?,20-,21?,22?,23-/m0/s1. The smallest absolute Gasteiger partial charge is 0.302 e. The number of esters is 1. The topological polar surface area (TPSA) is 55.9 Å². The molecule has 0 bridgehead atoms. The van der Waals surface area contributed by atoms with Gasteiger partial charge in [0.1, 0.15) is 17.5 Å². The van der Waals surface area contributed by atoms with E-state index in [1.165, 1.54) is 26.2 Å². The molecule has 0 N–H and O–H groups in total. The van der Waals surface area contributed by atoms with E-state index in [-0.39, 0.29) is 34.4 Å². The molecule has 7 unspecified atom stereocenters. The molecule has 4 nitrogen and oxygen atoms in total. The van der Waals surface area contributed by atoms with Crippen LogP contribution in [0.3, 0.4) is 0 Å². The molecule has 0 amide bonds. The molecule has 1 aliphatic heterocycles. The Bertz CT molecular complexity index is 688. The highest BCUT2D eigenvalue weighted by Gasteiger charge is 2.76. The van der Waals surface area contributed by atoms with Crippen LogP contribution in [-0.2, 0) is 19.1 Å². The fourth-order valence-electron chi connectivity index (χ4n) is 8.64. The second-order valence-corrected chi connectivity index (χ2v) is 10.8. The fourth-order valence-corrected chi connectivity index (χ4v) is 8.64. The van der Waals surface area contributed by atoms with Crippen molar-refractivity contribution in [3.63, 3.8) is 0 Å². The van der Waals surface area contributed by atoms with Crippen molar-refractivity contribution in [3.05, 3.63) is 0 Å². The molecule has 1 spiro atoms. The van der Waals surface area contributed by atoms with Gasteiger partial charge in [-0.25, -0.2) is 0 Å². The molecule has 150 valence electrons. The van der Waals surface area contributed by atoms with E-state index >= 15 is 0 Å². The Morgan fingerprint density at radius 1 is 1.00 bits per heavy atom. The van der Waals surface area contributed by atoms with Gasteiger partial charge in [-0.15, -0.1) is 0 Å². The summed E-state index contributed by atoms with van der Waals surface area (Å²) in [7, 11) is 0.